The molecule has 4 heteroatoms. The highest BCUT2D eigenvalue weighted by Gasteiger charge is 2.29. The molecule has 1 aliphatic heterocycles. The van der Waals surface area contributed by atoms with Crippen molar-refractivity contribution in [1.82, 2.24) is 0 Å². The second kappa shape index (κ2) is 4.54. The normalized spacial score (nSPS) is 23.4. The molecular weight excluding hydrogens is 160 g/mol. The fraction of sp³-hybridized carbons (Fsp3) is 0.875. The van der Waals surface area contributed by atoms with Crippen molar-refractivity contribution >= 4 is 5.78 Å². The Hall–Kier alpha value is -0.450. The number of carbonyl (C=O) groups excluding carboxylic acids is 1. The largest absolute Gasteiger partial charge is 0.381 e. The molecule has 1 rings (SSSR count). The van der Waals surface area contributed by atoms with Crippen molar-refractivity contribution in [3.8, 4) is 0 Å². The lowest BCUT2D eigenvalue weighted by atomic mass is 10.0. The van der Waals surface area contributed by atoms with Crippen LogP contribution in [0, 0.1) is 5.92 Å². The van der Waals surface area contributed by atoms with Crippen LogP contribution < -0.4 is 0 Å². The molecule has 0 saturated carbocycles. The fourth-order valence-electron chi connectivity index (χ4n) is 1.28. The summed E-state index contributed by atoms with van der Waals surface area (Å²) in [6, 6.07) is 0. The molecule has 0 bridgehead atoms. The molecule has 0 amide bonds. The summed E-state index contributed by atoms with van der Waals surface area (Å²) < 4.78 is 14.8. The van der Waals surface area contributed by atoms with Crippen LogP contribution in [0.4, 0.5) is 0 Å². The summed E-state index contributed by atoms with van der Waals surface area (Å²) in [5, 5.41) is 0. The number of rotatable bonds is 4. The van der Waals surface area contributed by atoms with Crippen LogP contribution in [0.5, 0.6) is 0 Å². The highest BCUT2D eigenvalue weighted by Crippen LogP contribution is 2.16. The molecule has 0 radical (unpaired) electrons. The second-order valence-electron chi connectivity index (χ2n) is 2.77. The maximum Gasteiger partial charge on any atom is 0.217 e. The molecule has 1 heterocycles. The van der Waals surface area contributed by atoms with Crippen LogP contribution in [-0.4, -0.2) is 39.5 Å². The molecule has 12 heavy (non-hydrogen) atoms. The Balaban J connectivity index is 2.43. The highest BCUT2D eigenvalue weighted by molar-refractivity contribution is 5.84. The van der Waals surface area contributed by atoms with E-state index in [4.69, 9.17) is 14.2 Å². The predicted molar refractivity (Wildman–Crippen MR) is 41.7 cm³/mol. The Labute approximate surface area is 71.8 Å². The fourth-order valence-corrected chi connectivity index (χ4v) is 1.28. The molecule has 1 fully saturated rings. The molecule has 1 atom stereocenters. The molecule has 0 aromatic carbocycles. The van der Waals surface area contributed by atoms with Crippen molar-refractivity contribution in [3.63, 3.8) is 0 Å². The van der Waals surface area contributed by atoms with E-state index in [9.17, 15) is 4.79 Å². The van der Waals surface area contributed by atoms with Crippen LogP contribution in [0.3, 0.4) is 0 Å². The van der Waals surface area contributed by atoms with E-state index in [0.29, 0.717) is 13.2 Å². The first-order chi connectivity index (χ1) is 5.79. The lowest BCUT2D eigenvalue weighted by Crippen LogP contribution is -2.31. The van der Waals surface area contributed by atoms with Gasteiger partial charge >= 0.3 is 0 Å². The van der Waals surface area contributed by atoms with Gasteiger partial charge in [0, 0.05) is 26.7 Å². The predicted octanol–water partition coefficient (Wildman–Crippen LogP) is 0.211. The third kappa shape index (κ3) is 2.03. The first-order valence-electron chi connectivity index (χ1n) is 3.96. The molecule has 4 nitrogen and oxygen atoms in total. The van der Waals surface area contributed by atoms with E-state index in [1.165, 1.54) is 14.2 Å². The molecular formula is C8H14O4. The molecule has 1 unspecified atom stereocenters. The minimum absolute atomic E-state index is 0.0162. The first kappa shape index (κ1) is 9.64. The zero-order valence-corrected chi connectivity index (χ0v) is 7.41. The quantitative estimate of drug-likeness (QED) is 0.571. The smallest absolute Gasteiger partial charge is 0.217 e. The van der Waals surface area contributed by atoms with Gasteiger partial charge in [0.15, 0.2) is 5.78 Å². The van der Waals surface area contributed by atoms with Crippen molar-refractivity contribution in [2.45, 2.75) is 12.7 Å². The van der Waals surface area contributed by atoms with Gasteiger partial charge in [-0.25, -0.2) is 0 Å². The van der Waals surface area contributed by atoms with Crippen molar-refractivity contribution in [1.29, 1.82) is 0 Å². The van der Waals surface area contributed by atoms with Gasteiger partial charge in [0.1, 0.15) is 0 Å². The number of methoxy groups -OCH3 is 2. The van der Waals surface area contributed by atoms with E-state index in [0.717, 1.165) is 6.42 Å². The van der Waals surface area contributed by atoms with Gasteiger partial charge in [-0.3, -0.25) is 4.79 Å². The summed E-state index contributed by atoms with van der Waals surface area (Å²) in [6.07, 6.45) is 0.0545. The monoisotopic (exact) mass is 174 g/mol. The van der Waals surface area contributed by atoms with Gasteiger partial charge in [-0.2, -0.15) is 0 Å². The Morgan fingerprint density at radius 2 is 2.17 bits per heavy atom. The Morgan fingerprint density at radius 1 is 1.50 bits per heavy atom. The molecule has 70 valence electrons. The SMILES string of the molecule is COC(OC)C(=O)C1CCOC1. The van der Waals surface area contributed by atoms with Crippen LogP contribution in [0.15, 0.2) is 0 Å². The average molecular weight is 174 g/mol. The van der Waals surface area contributed by atoms with E-state index < -0.39 is 6.29 Å². The van der Waals surface area contributed by atoms with Gasteiger partial charge in [0.25, 0.3) is 0 Å². The van der Waals surface area contributed by atoms with Gasteiger partial charge in [-0.05, 0) is 6.42 Å². The third-order valence-corrected chi connectivity index (χ3v) is 1.99. The minimum atomic E-state index is -0.725. The molecule has 0 N–H and O–H groups in total. The van der Waals surface area contributed by atoms with E-state index in [-0.39, 0.29) is 11.7 Å². The summed E-state index contributed by atoms with van der Waals surface area (Å²) in [7, 11) is 2.92. The van der Waals surface area contributed by atoms with Crippen LogP contribution in [0.2, 0.25) is 0 Å². The topological polar surface area (TPSA) is 44.8 Å². The highest BCUT2D eigenvalue weighted by atomic mass is 16.7. The van der Waals surface area contributed by atoms with Crippen molar-refractivity contribution in [2.24, 2.45) is 5.92 Å². The number of ketones is 1. The summed E-state index contributed by atoms with van der Waals surface area (Å²) >= 11 is 0. The minimum Gasteiger partial charge on any atom is -0.381 e. The lowest BCUT2D eigenvalue weighted by molar-refractivity contribution is -0.160. The summed E-state index contributed by atoms with van der Waals surface area (Å²) in [5.41, 5.74) is 0. The van der Waals surface area contributed by atoms with Crippen LogP contribution in [0.1, 0.15) is 6.42 Å². The molecule has 0 aromatic rings. The molecule has 0 aliphatic carbocycles. The van der Waals surface area contributed by atoms with Gasteiger partial charge in [-0.15, -0.1) is 0 Å². The summed E-state index contributed by atoms with van der Waals surface area (Å²) in [5.74, 6) is -0.0626. The van der Waals surface area contributed by atoms with E-state index in [1.54, 1.807) is 0 Å². The van der Waals surface area contributed by atoms with E-state index in [1.807, 2.05) is 0 Å². The number of carbonyl (C=O) groups is 1. The van der Waals surface area contributed by atoms with Crippen LogP contribution in [-0.2, 0) is 19.0 Å². The molecule has 1 saturated heterocycles. The average Bonchev–Trinajstić information content (AvgIpc) is 2.58. The number of Topliss-reactive ketones (excluding diaryl/α,β-unsaturated/α-hetero) is 1. The van der Waals surface area contributed by atoms with Gasteiger partial charge in [-0.1, -0.05) is 0 Å². The molecule has 0 spiro atoms. The van der Waals surface area contributed by atoms with Crippen LogP contribution in [0.25, 0.3) is 0 Å². The van der Waals surface area contributed by atoms with Crippen molar-refractivity contribution in [3.05, 3.63) is 0 Å². The number of ether oxygens (including phenoxy) is 3. The Morgan fingerprint density at radius 3 is 2.58 bits per heavy atom. The zero-order valence-electron chi connectivity index (χ0n) is 7.41. The second-order valence-corrected chi connectivity index (χ2v) is 2.77. The van der Waals surface area contributed by atoms with E-state index >= 15 is 0 Å². The summed E-state index contributed by atoms with van der Waals surface area (Å²) in [6.45, 7) is 1.17. The Bertz CT molecular complexity index is 143. The van der Waals surface area contributed by atoms with Gasteiger partial charge in [0.05, 0.1) is 6.61 Å². The lowest BCUT2D eigenvalue weighted by Gasteiger charge is -2.14. The van der Waals surface area contributed by atoms with E-state index in [2.05, 4.69) is 0 Å². The zero-order chi connectivity index (χ0) is 8.97. The number of hydrogen-bond donors (Lipinski definition) is 0. The maximum atomic E-state index is 11.5. The standard InChI is InChI=1S/C8H14O4/c1-10-8(11-2)7(9)6-3-4-12-5-6/h6,8H,3-5H2,1-2H3. The maximum absolute atomic E-state index is 11.5. The summed E-state index contributed by atoms with van der Waals surface area (Å²) in [4.78, 5) is 11.5. The van der Waals surface area contributed by atoms with Crippen molar-refractivity contribution < 1.29 is 19.0 Å². The van der Waals surface area contributed by atoms with Crippen molar-refractivity contribution in [2.75, 3.05) is 27.4 Å². The molecule has 0 aromatic heterocycles. The molecule has 1 aliphatic rings. The number of hydrogen-bond acceptors (Lipinski definition) is 4. The Kier molecular flexibility index (Phi) is 3.65. The third-order valence-electron chi connectivity index (χ3n) is 1.99. The van der Waals surface area contributed by atoms with Gasteiger partial charge in [0.2, 0.25) is 6.29 Å². The van der Waals surface area contributed by atoms with Crippen LogP contribution >= 0.6 is 0 Å². The van der Waals surface area contributed by atoms with Gasteiger partial charge < -0.3 is 14.2 Å². The first-order valence-corrected chi connectivity index (χ1v) is 3.96.